The number of rotatable bonds is 6. The molecule has 2 radical (unpaired) electrons. The van der Waals surface area contributed by atoms with Crippen molar-refractivity contribution >= 4 is 7.85 Å². The fourth-order valence-corrected chi connectivity index (χ4v) is 1.65. The zero-order valence-corrected chi connectivity index (χ0v) is 9.28. The van der Waals surface area contributed by atoms with Crippen molar-refractivity contribution in [2.45, 2.75) is 30.4 Å². The van der Waals surface area contributed by atoms with E-state index in [0.717, 1.165) is 0 Å². The summed E-state index contributed by atoms with van der Waals surface area (Å²) in [7, 11) is 7.17. The normalized spacial score (nSPS) is 36.5. The molecule has 1 fully saturated rings. The smallest absolute Gasteiger partial charge is 0.112 e. The Morgan fingerprint density at radius 1 is 1.56 bits per heavy atom. The Balaban J connectivity index is 2.52. The molecule has 0 bridgehead atoms. The monoisotopic (exact) mass is 231 g/mol. The number of hydrogen-bond donors (Lipinski definition) is 3. The minimum Gasteiger partial charge on any atom is -0.394 e. The lowest BCUT2D eigenvalue weighted by Gasteiger charge is -2.24. The topological polar surface area (TPSA) is 94.2 Å². The fourth-order valence-electron chi connectivity index (χ4n) is 1.65. The van der Waals surface area contributed by atoms with E-state index in [4.69, 9.17) is 32.9 Å². The van der Waals surface area contributed by atoms with Crippen LogP contribution in [0.2, 0.25) is 0 Å². The molecule has 0 aromatic carbocycles. The molecule has 4 N–H and O–H groups in total. The van der Waals surface area contributed by atoms with Gasteiger partial charge in [-0.1, -0.05) is 0 Å². The summed E-state index contributed by atoms with van der Waals surface area (Å²) < 4.78 is 15.5. The van der Waals surface area contributed by atoms with E-state index in [9.17, 15) is 5.11 Å². The molecule has 5 atom stereocenters. The zero-order valence-electron chi connectivity index (χ0n) is 9.28. The Morgan fingerprint density at radius 2 is 2.25 bits per heavy atom. The summed E-state index contributed by atoms with van der Waals surface area (Å²) >= 11 is 0. The second-order valence-corrected chi connectivity index (χ2v) is 3.73. The van der Waals surface area contributed by atoms with Gasteiger partial charge in [-0.2, -0.15) is 0 Å². The quantitative estimate of drug-likeness (QED) is 0.441. The van der Waals surface area contributed by atoms with E-state index in [1.807, 2.05) is 0 Å². The first kappa shape index (κ1) is 13.9. The molecule has 0 aliphatic carbocycles. The Hall–Kier alpha value is -0.175. The van der Waals surface area contributed by atoms with Crippen LogP contribution in [0.15, 0.2) is 0 Å². The number of aliphatic hydroxyl groups excluding tert-OH is 2. The van der Waals surface area contributed by atoms with Gasteiger partial charge in [0.1, 0.15) is 26.2 Å². The number of nitrogens with two attached hydrogens (primary N) is 1. The molecule has 0 saturated carbocycles. The molecule has 92 valence electrons. The van der Waals surface area contributed by atoms with Gasteiger partial charge >= 0.3 is 0 Å². The molecule has 0 aromatic heterocycles. The van der Waals surface area contributed by atoms with Crippen LogP contribution in [0.3, 0.4) is 0 Å². The van der Waals surface area contributed by atoms with Crippen molar-refractivity contribution in [3.8, 4) is 0 Å². The van der Waals surface area contributed by atoms with Crippen molar-refractivity contribution in [2.24, 2.45) is 5.73 Å². The standard InChI is InChI=1S/C9H18BNO5/c1-14-4-5(2-11)15-8-7(13)6(3-12)16-9(8)10/h5-9,12-13H,2-4,11H2,1H3. The van der Waals surface area contributed by atoms with Crippen molar-refractivity contribution in [2.75, 3.05) is 26.9 Å². The van der Waals surface area contributed by atoms with Gasteiger partial charge in [0.15, 0.2) is 0 Å². The van der Waals surface area contributed by atoms with Crippen LogP contribution in [0, 0.1) is 0 Å². The lowest BCUT2D eigenvalue weighted by atomic mass is 9.92. The van der Waals surface area contributed by atoms with Crippen molar-refractivity contribution < 1.29 is 24.4 Å². The number of methoxy groups -OCH3 is 1. The molecule has 1 aliphatic heterocycles. The van der Waals surface area contributed by atoms with Gasteiger partial charge in [0.2, 0.25) is 0 Å². The van der Waals surface area contributed by atoms with Gasteiger partial charge in [-0.05, 0) is 0 Å². The summed E-state index contributed by atoms with van der Waals surface area (Å²) in [6.45, 7) is 0.274. The minimum absolute atomic E-state index is 0.258. The molecule has 1 aliphatic rings. The van der Waals surface area contributed by atoms with Gasteiger partial charge < -0.3 is 30.2 Å². The number of hydrogen-bond acceptors (Lipinski definition) is 6. The highest BCUT2D eigenvalue weighted by atomic mass is 16.6. The molecule has 0 spiro atoms. The third-order valence-electron chi connectivity index (χ3n) is 2.52. The van der Waals surface area contributed by atoms with Gasteiger partial charge in [-0.15, -0.1) is 0 Å². The predicted molar refractivity (Wildman–Crippen MR) is 57.1 cm³/mol. The fraction of sp³-hybridized carbons (Fsp3) is 1.00. The summed E-state index contributed by atoms with van der Waals surface area (Å²) in [5.41, 5.74) is 5.48. The third kappa shape index (κ3) is 3.16. The van der Waals surface area contributed by atoms with Crippen LogP contribution in [-0.2, 0) is 14.2 Å². The highest BCUT2D eigenvalue weighted by Crippen LogP contribution is 2.23. The van der Waals surface area contributed by atoms with Crippen molar-refractivity contribution in [3.05, 3.63) is 0 Å². The maximum absolute atomic E-state index is 9.76. The molecule has 5 unspecified atom stereocenters. The Morgan fingerprint density at radius 3 is 2.69 bits per heavy atom. The Bertz CT molecular complexity index is 208. The molecular formula is C9H18BNO5. The highest BCUT2D eigenvalue weighted by molar-refractivity contribution is 6.11. The lowest BCUT2D eigenvalue weighted by Crippen LogP contribution is -2.42. The summed E-state index contributed by atoms with van der Waals surface area (Å²) in [6, 6.07) is -0.766. The van der Waals surface area contributed by atoms with Crippen LogP contribution in [0.4, 0.5) is 0 Å². The summed E-state index contributed by atoms with van der Waals surface area (Å²) in [5.74, 6) is 0. The van der Waals surface area contributed by atoms with E-state index in [1.165, 1.54) is 7.11 Å². The minimum atomic E-state index is -0.953. The molecule has 7 heteroatoms. The Labute approximate surface area is 96.1 Å². The van der Waals surface area contributed by atoms with Crippen molar-refractivity contribution in [1.29, 1.82) is 0 Å². The lowest BCUT2D eigenvalue weighted by molar-refractivity contribution is -0.0835. The van der Waals surface area contributed by atoms with Crippen LogP contribution in [0.5, 0.6) is 0 Å². The van der Waals surface area contributed by atoms with E-state index in [-0.39, 0.29) is 19.3 Å². The average molecular weight is 231 g/mol. The first-order chi connectivity index (χ1) is 7.63. The number of aliphatic hydroxyl groups is 2. The summed E-state index contributed by atoms with van der Waals surface area (Å²) in [6.07, 6.45) is -2.70. The molecule has 1 rings (SSSR count). The van der Waals surface area contributed by atoms with Crippen LogP contribution in [-0.4, -0.2) is 75.3 Å². The van der Waals surface area contributed by atoms with Gasteiger partial charge in [0.05, 0.1) is 19.3 Å². The molecule has 1 heterocycles. The maximum Gasteiger partial charge on any atom is 0.112 e. The SMILES string of the molecule is [B]C1OC(CO)C(O)C1OC(CN)COC. The molecular weight excluding hydrogens is 213 g/mol. The molecule has 6 nitrogen and oxygen atoms in total. The van der Waals surface area contributed by atoms with Gasteiger partial charge in [0.25, 0.3) is 0 Å². The van der Waals surface area contributed by atoms with E-state index in [2.05, 4.69) is 0 Å². The van der Waals surface area contributed by atoms with Gasteiger partial charge in [0, 0.05) is 19.7 Å². The second-order valence-electron chi connectivity index (χ2n) is 3.73. The van der Waals surface area contributed by atoms with Crippen LogP contribution >= 0.6 is 0 Å². The highest BCUT2D eigenvalue weighted by Gasteiger charge is 2.42. The van der Waals surface area contributed by atoms with Gasteiger partial charge in [-0.3, -0.25) is 0 Å². The van der Waals surface area contributed by atoms with Crippen LogP contribution in [0.25, 0.3) is 0 Å². The summed E-state index contributed by atoms with van der Waals surface area (Å²) in [5, 5.41) is 18.7. The van der Waals surface area contributed by atoms with E-state index in [1.54, 1.807) is 0 Å². The van der Waals surface area contributed by atoms with Gasteiger partial charge in [-0.25, -0.2) is 0 Å². The van der Waals surface area contributed by atoms with E-state index in [0.29, 0.717) is 6.61 Å². The molecule has 16 heavy (non-hydrogen) atoms. The number of ether oxygens (including phenoxy) is 3. The second kappa shape index (κ2) is 6.53. The molecule has 0 aromatic rings. The largest absolute Gasteiger partial charge is 0.394 e. The maximum atomic E-state index is 9.76. The van der Waals surface area contributed by atoms with Crippen molar-refractivity contribution in [1.82, 2.24) is 0 Å². The van der Waals surface area contributed by atoms with Crippen LogP contribution < -0.4 is 5.73 Å². The average Bonchev–Trinajstić information content (AvgIpc) is 2.55. The Kier molecular flexibility index (Phi) is 5.67. The third-order valence-corrected chi connectivity index (χ3v) is 2.52. The first-order valence-electron chi connectivity index (χ1n) is 5.18. The van der Waals surface area contributed by atoms with Crippen LogP contribution in [0.1, 0.15) is 0 Å². The molecule has 0 amide bonds. The summed E-state index contributed by atoms with van der Waals surface area (Å²) in [4.78, 5) is 0. The van der Waals surface area contributed by atoms with Crippen molar-refractivity contribution in [3.63, 3.8) is 0 Å². The first-order valence-corrected chi connectivity index (χ1v) is 5.18. The zero-order chi connectivity index (χ0) is 12.1. The molecule has 1 saturated heterocycles. The predicted octanol–water partition coefficient (Wildman–Crippen LogP) is -2.41. The van der Waals surface area contributed by atoms with E-state index < -0.39 is 24.3 Å². The van der Waals surface area contributed by atoms with E-state index >= 15 is 0 Å².